The number of carbonyl (C=O) groups is 2. The molecule has 1 atom stereocenters. The lowest BCUT2D eigenvalue weighted by Gasteiger charge is -2.27. The van der Waals surface area contributed by atoms with Gasteiger partial charge >= 0.3 is 5.97 Å². The van der Waals surface area contributed by atoms with Crippen molar-refractivity contribution in [2.24, 2.45) is 0 Å². The number of thiophene rings is 1. The Morgan fingerprint density at radius 1 is 1.03 bits per heavy atom. The Hall–Kier alpha value is -3.32. The molecule has 1 aromatic heterocycles. The number of anilines is 1. The highest BCUT2D eigenvalue weighted by atomic mass is 32.1. The van der Waals surface area contributed by atoms with E-state index in [4.69, 9.17) is 9.47 Å². The summed E-state index contributed by atoms with van der Waals surface area (Å²) < 4.78 is 11.0. The summed E-state index contributed by atoms with van der Waals surface area (Å²) in [6, 6.07) is 14.1. The first kappa shape index (κ1) is 19.6. The number of ether oxygens (including phenoxy) is 2. The predicted molar refractivity (Wildman–Crippen MR) is 119 cm³/mol. The molecule has 1 unspecified atom stereocenters. The number of aryl methyl sites for hydroxylation is 1. The fourth-order valence-corrected chi connectivity index (χ4v) is 5.44. The molecule has 5 rings (SSSR count). The molecule has 0 bridgehead atoms. The van der Waals surface area contributed by atoms with Crippen LogP contribution in [0.5, 0.6) is 11.5 Å². The van der Waals surface area contributed by atoms with Crippen LogP contribution in [0, 0.1) is 0 Å². The molecule has 0 saturated carbocycles. The van der Waals surface area contributed by atoms with Crippen molar-refractivity contribution >= 4 is 28.2 Å². The molecule has 31 heavy (non-hydrogen) atoms. The highest BCUT2D eigenvalue weighted by Crippen LogP contribution is 2.42. The third-order valence-corrected chi connectivity index (χ3v) is 6.91. The molecule has 1 aliphatic carbocycles. The number of nitrogens with one attached hydrogen (secondary N) is 2. The van der Waals surface area contributed by atoms with Crippen molar-refractivity contribution in [3.63, 3.8) is 0 Å². The van der Waals surface area contributed by atoms with Gasteiger partial charge in [-0.25, -0.2) is 4.79 Å². The van der Waals surface area contributed by atoms with Crippen LogP contribution in [0.15, 0.2) is 48.5 Å². The van der Waals surface area contributed by atoms with Gasteiger partial charge in [0, 0.05) is 4.88 Å². The van der Waals surface area contributed by atoms with Crippen molar-refractivity contribution < 1.29 is 19.1 Å². The van der Waals surface area contributed by atoms with E-state index in [1.807, 2.05) is 12.1 Å². The van der Waals surface area contributed by atoms with Gasteiger partial charge in [-0.15, -0.1) is 11.3 Å². The topological polar surface area (TPSA) is 76.7 Å². The van der Waals surface area contributed by atoms with Crippen LogP contribution in [0.1, 0.15) is 55.7 Å². The number of methoxy groups -OCH3 is 1. The molecular weight excluding hydrogens is 412 g/mol. The zero-order chi connectivity index (χ0) is 21.4. The van der Waals surface area contributed by atoms with E-state index < -0.39 is 5.97 Å². The van der Waals surface area contributed by atoms with Gasteiger partial charge in [-0.05, 0) is 61.1 Å². The van der Waals surface area contributed by atoms with Gasteiger partial charge in [-0.3, -0.25) is 4.79 Å². The molecule has 7 heteroatoms. The number of fused-ring (bicyclic) bond motifs is 3. The molecule has 3 aromatic rings. The van der Waals surface area contributed by atoms with Crippen LogP contribution in [0.25, 0.3) is 0 Å². The minimum Gasteiger partial charge on any atom is -0.493 e. The normalized spacial score (nSPS) is 17.1. The minimum atomic E-state index is -0.454. The number of hydrogen-bond donors (Lipinski definition) is 2. The quantitative estimate of drug-likeness (QED) is 0.459. The maximum Gasteiger partial charge on any atom is 0.343 e. The van der Waals surface area contributed by atoms with E-state index in [0.29, 0.717) is 17.1 Å². The van der Waals surface area contributed by atoms with Crippen molar-refractivity contribution in [3.8, 4) is 11.5 Å². The van der Waals surface area contributed by atoms with E-state index in [9.17, 15) is 9.59 Å². The maximum atomic E-state index is 12.9. The standard InChI is InChI=1S/C24H22N2O4S/c1-29-18-13-15(11-12-17(18)30-24(28)14-7-3-2-4-8-14)21-25-22(27)20-16-9-5-6-10-19(16)31-23(20)26-21/h2-4,7-8,11-13,21,26H,5-6,9-10H2,1H3,(H,25,27). The van der Waals surface area contributed by atoms with Crippen LogP contribution in [0.2, 0.25) is 0 Å². The summed E-state index contributed by atoms with van der Waals surface area (Å²) in [5.41, 5.74) is 3.29. The molecule has 1 aliphatic heterocycles. The molecule has 0 saturated heterocycles. The number of amides is 1. The Balaban J connectivity index is 1.39. The largest absolute Gasteiger partial charge is 0.493 e. The SMILES string of the molecule is COc1cc(C2NC(=O)c3c(sc4c3CCCC4)N2)ccc1OC(=O)c1ccccc1. The molecule has 2 aromatic carbocycles. The van der Waals surface area contributed by atoms with Crippen LogP contribution >= 0.6 is 11.3 Å². The second-order valence-electron chi connectivity index (χ2n) is 7.63. The van der Waals surface area contributed by atoms with Crippen LogP contribution in [-0.2, 0) is 12.8 Å². The van der Waals surface area contributed by atoms with E-state index in [-0.39, 0.29) is 12.1 Å². The summed E-state index contributed by atoms with van der Waals surface area (Å²) in [6.07, 6.45) is 3.94. The minimum absolute atomic E-state index is 0.0447. The average Bonchev–Trinajstić information content (AvgIpc) is 3.19. The van der Waals surface area contributed by atoms with Gasteiger partial charge in [0.1, 0.15) is 11.2 Å². The van der Waals surface area contributed by atoms with Crippen molar-refractivity contribution in [2.75, 3.05) is 12.4 Å². The first-order valence-corrected chi connectivity index (χ1v) is 11.1. The molecule has 0 spiro atoms. The summed E-state index contributed by atoms with van der Waals surface area (Å²) >= 11 is 1.69. The van der Waals surface area contributed by atoms with Crippen LogP contribution in [0.4, 0.5) is 5.00 Å². The molecule has 2 N–H and O–H groups in total. The van der Waals surface area contributed by atoms with Crippen molar-refractivity contribution in [3.05, 3.63) is 75.7 Å². The van der Waals surface area contributed by atoms with Gasteiger partial charge in [0.25, 0.3) is 5.91 Å². The monoisotopic (exact) mass is 434 g/mol. The molecule has 1 amide bonds. The maximum absolute atomic E-state index is 12.9. The third kappa shape index (κ3) is 3.65. The average molecular weight is 435 g/mol. The smallest absolute Gasteiger partial charge is 0.343 e. The van der Waals surface area contributed by atoms with Crippen molar-refractivity contribution in [1.29, 1.82) is 0 Å². The molecule has 2 heterocycles. The Kier molecular flexibility index (Phi) is 5.11. The fourth-order valence-electron chi connectivity index (χ4n) is 4.13. The van der Waals surface area contributed by atoms with Gasteiger partial charge in [-0.1, -0.05) is 24.3 Å². The van der Waals surface area contributed by atoms with Gasteiger partial charge in [-0.2, -0.15) is 0 Å². The van der Waals surface area contributed by atoms with Gasteiger partial charge in [0.15, 0.2) is 11.5 Å². The van der Waals surface area contributed by atoms with Gasteiger partial charge in [0.05, 0.1) is 18.2 Å². The lowest BCUT2D eigenvalue weighted by atomic mass is 9.94. The number of esters is 1. The Bertz CT molecular complexity index is 1160. The van der Waals surface area contributed by atoms with Crippen LogP contribution in [-0.4, -0.2) is 19.0 Å². The molecule has 158 valence electrons. The second kappa shape index (κ2) is 8.07. The van der Waals surface area contributed by atoms with Crippen molar-refractivity contribution in [2.45, 2.75) is 31.8 Å². The number of rotatable bonds is 4. The molecular formula is C24H22N2O4S. The Labute approximate surface area is 184 Å². The molecule has 2 aliphatic rings. The van der Waals surface area contributed by atoms with Gasteiger partial charge < -0.3 is 20.1 Å². The Morgan fingerprint density at radius 2 is 1.84 bits per heavy atom. The predicted octanol–water partition coefficient (Wildman–Crippen LogP) is 4.71. The number of carbonyl (C=O) groups excluding carboxylic acids is 2. The number of hydrogen-bond acceptors (Lipinski definition) is 6. The second-order valence-corrected chi connectivity index (χ2v) is 8.74. The molecule has 0 fully saturated rings. The number of benzene rings is 2. The van der Waals surface area contributed by atoms with Crippen molar-refractivity contribution in [1.82, 2.24) is 5.32 Å². The first-order chi connectivity index (χ1) is 15.1. The fraction of sp³-hybridized carbons (Fsp3) is 0.250. The Morgan fingerprint density at radius 3 is 2.65 bits per heavy atom. The summed E-state index contributed by atoms with van der Waals surface area (Å²) in [5.74, 6) is 0.255. The van der Waals surface area contributed by atoms with E-state index in [2.05, 4.69) is 10.6 Å². The van der Waals surface area contributed by atoms with E-state index >= 15 is 0 Å². The molecule has 6 nitrogen and oxygen atoms in total. The lowest BCUT2D eigenvalue weighted by molar-refractivity contribution is 0.0729. The van der Waals surface area contributed by atoms with Gasteiger partial charge in [0.2, 0.25) is 0 Å². The zero-order valence-electron chi connectivity index (χ0n) is 17.1. The lowest BCUT2D eigenvalue weighted by Crippen LogP contribution is -2.38. The summed E-state index contributed by atoms with van der Waals surface area (Å²) in [6.45, 7) is 0. The first-order valence-electron chi connectivity index (χ1n) is 10.3. The van der Waals surface area contributed by atoms with E-state index in [1.165, 1.54) is 24.0 Å². The third-order valence-electron chi connectivity index (χ3n) is 5.68. The summed E-state index contributed by atoms with van der Waals surface area (Å²) in [5, 5.41) is 7.45. The summed E-state index contributed by atoms with van der Waals surface area (Å²) in [4.78, 5) is 26.6. The van der Waals surface area contributed by atoms with E-state index in [0.717, 1.165) is 35.4 Å². The zero-order valence-corrected chi connectivity index (χ0v) is 17.9. The van der Waals surface area contributed by atoms with Crippen LogP contribution in [0.3, 0.4) is 0 Å². The molecule has 0 radical (unpaired) electrons. The highest BCUT2D eigenvalue weighted by Gasteiger charge is 2.32. The summed E-state index contributed by atoms with van der Waals surface area (Å²) in [7, 11) is 1.53. The van der Waals surface area contributed by atoms with Crippen LogP contribution < -0.4 is 20.1 Å². The van der Waals surface area contributed by atoms with E-state index in [1.54, 1.807) is 47.7 Å². The highest BCUT2D eigenvalue weighted by molar-refractivity contribution is 7.16.